The van der Waals surface area contributed by atoms with E-state index in [0.29, 0.717) is 5.56 Å². The van der Waals surface area contributed by atoms with Gasteiger partial charge in [-0.3, -0.25) is 4.79 Å². The standard InChI is InChI=1S/C18H16F2O5/c1-11(15(21)12-7-4-3-5-8-12)24-17(22)13-9-6-10-14(23-2)16(13)25-18(19)20/h3-11,18H,1-2H3. The molecule has 0 radical (unpaired) electrons. The Labute approximate surface area is 143 Å². The minimum absolute atomic E-state index is 0.0446. The van der Waals surface area contributed by atoms with Crippen LogP contribution in [0, 0.1) is 0 Å². The van der Waals surface area contributed by atoms with E-state index in [9.17, 15) is 18.4 Å². The lowest BCUT2D eigenvalue weighted by Gasteiger charge is -2.16. The molecule has 0 aliphatic heterocycles. The second-order valence-electron chi connectivity index (χ2n) is 4.99. The molecule has 0 aliphatic rings. The largest absolute Gasteiger partial charge is 0.493 e. The molecule has 0 spiro atoms. The van der Waals surface area contributed by atoms with Gasteiger partial charge in [0.25, 0.3) is 0 Å². The number of hydrogen-bond donors (Lipinski definition) is 0. The number of carbonyl (C=O) groups excluding carboxylic acids is 2. The van der Waals surface area contributed by atoms with Gasteiger partial charge in [-0.25, -0.2) is 4.79 Å². The molecule has 25 heavy (non-hydrogen) atoms. The topological polar surface area (TPSA) is 61.8 Å². The fourth-order valence-corrected chi connectivity index (χ4v) is 2.16. The maximum absolute atomic E-state index is 12.6. The van der Waals surface area contributed by atoms with Gasteiger partial charge in [0.15, 0.2) is 17.6 Å². The van der Waals surface area contributed by atoms with Gasteiger partial charge in [-0.15, -0.1) is 0 Å². The summed E-state index contributed by atoms with van der Waals surface area (Å²) in [6, 6.07) is 12.3. The summed E-state index contributed by atoms with van der Waals surface area (Å²) < 4.78 is 39.6. The monoisotopic (exact) mass is 350 g/mol. The van der Waals surface area contributed by atoms with Crippen LogP contribution in [0.1, 0.15) is 27.6 Å². The number of benzene rings is 2. The second-order valence-corrected chi connectivity index (χ2v) is 4.99. The van der Waals surface area contributed by atoms with Gasteiger partial charge in [-0.1, -0.05) is 36.4 Å². The number of esters is 1. The number of ether oxygens (including phenoxy) is 3. The van der Waals surface area contributed by atoms with E-state index in [1.165, 1.54) is 32.2 Å². The van der Waals surface area contributed by atoms with Crippen molar-refractivity contribution in [2.45, 2.75) is 19.6 Å². The van der Waals surface area contributed by atoms with E-state index in [1.807, 2.05) is 0 Å². The van der Waals surface area contributed by atoms with Crippen molar-refractivity contribution in [3.05, 3.63) is 59.7 Å². The molecule has 0 saturated heterocycles. The Kier molecular flexibility index (Phi) is 6.05. The van der Waals surface area contributed by atoms with Crippen molar-refractivity contribution in [2.24, 2.45) is 0 Å². The minimum Gasteiger partial charge on any atom is -0.493 e. The number of alkyl halides is 2. The minimum atomic E-state index is -3.15. The zero-order valence-electron chi connectivity index (χ0n) is 13.6. The SMILES string of the molecule is COc1cccc(C(=O)OC(C)C(=O)c2ccccc2)c1OC(F)F. The van der Waals surface area contributed by atoms with Crippen molar-refractivity contribution >= 4 is 11.8 Å². The van der Waals surface area contributed by atoms with E-state index in [4.69, 9.17) is 9.47 Å². The first-order valence-electron chi connectivity index (χ1n) is 7.36. The highest BCUT2D eigenvalue weighted by Crippen LogP contribution is 2.33. The van der Waals surface area contributed by atoms with Crippen LogP contribution in [0.5, 0.6) is 11.5 Å². The average Bonchev–Trinajstić information content (AvgIpc) is 2.61. The molecule has 1 unspecified atom stereocenters. The van der Waals surface area contributed by atoms with E-state index < -0.39 is 30.2 Å². The van der Waals surface area contributed by atoms with Crippen molar-refractivity contribution in [2.75, 3.05) is 7.11 Å². The Hall–Kier alpha value is -2.96. The Morgan fingerprint density at radius 1 is 1.00 bits per heavy atom. The van der Waals surface area contributed by atoms with Gasteiger partial charge in [0.2, 0.25) is 5.78 Å². The summed E-state index contributed by atoms with van der Waals surface area (Å²) in [5.74, 6) is -1.86. The number of Topliss-reactive ketones (excluding diaryl/α,β-unsaturated/α-hetero) is 1. The fraction of sp³-hybridized carbons (Fsp3) is 0.222. The van der Waals surface area contributed by atoms with Gasteiger partial charge in [-0.05, 0) is 19.1 Å². The summed E-state index contributed by atoms with van der Waals surface area (Å²) in [6.45, 7) is -1.74. The molecule has 7 heteroatoms. The lowest BCUT2D eigenvalue weighted by molar-refractivity contribution is -0.0519. The van der Waals surface area contributed by atoms with Crippen LogP contribution in [-0.4, -0.2) is 31.6 Å². The number of hydrogen-bond acceptors (Lipinski definition) is 5. The predicted molar refractivity (Wildman–Crippen MR) is 85.3 cm³/mol. The molecule has 0 aliphatic carbocycles. The van der Waals surface area contributed by atoms with E-state index in [-0.39, 0.29) is 11.3 Å². The summed E-state index contributed by atoms with van der Waals surface area (Å²) in [5.41, 5.74) is 0.116. The predicted octanol–water partition coefficient (Wildman–Crippen LogP) is 3.72. The zero-order chi connectivity index (χ0) is 18.4. The maximum atomic E-state index is 12.6. The first-order chi connectivity index (χ1) is 11.9. The summed E-state index contributed by atoms with van der Waals surface area (Å²) in [4.78, 5) is 24.6. The summed E-state index contributed by atoms with van der Waals surface area (Å²) >= 11 is 0. The van der Waals surface area contributed by atoms with Crippen LogP contribution in [0.15, 0.2) is 48.5 Å². The highest BCUT2D eigenvalue weighted by Gasteiger charge is 2.25. The number of halogens is 2. The van der Waals surface area contributed by atoms with Crippen LogP contribution in [0.2, 0.25) is 0 Å². The highest BCUT2D eigenvalue weighted by atomic mass is 19.3. The van der Waals surface area contributed by atoms with Crippen molar-refractivity contribution < 1.29 is 32.6 Å². The van der Waals surface area contributed by atoms with Crippen LogP contribution in [0.4, 0.5) is 8.78 Å². The first-order valence-corrected chi connectivity index (χ1v) is 7.36. The Bertz CT molecular complexity index is 746. The Balaban J connectivity index is 2.21. The van der Waals surface area contributed by atoms with Gasteiger partial charge in [0.1, 0.15) is 5.56 Å². The third-order valence-corrected chi connectivity index (χ3v) is 3.34. The molecule has 0 heterocycles. The molecule has 0 N–H and O–H groups in total. The molecule has 2 aromatic rings. The van der Waals surface area contributed by atoms with Crippen LogP contribution in [-0.2, 0) is 4.74 Å². The number of rotatable bonds is 7. The molecule has 132 valence electrons. The maximum Gasteiger partial charge on any atom is 0.387 e. The van der Waals surface area contributed by atoms with Gasteiger partial charge < -0.3 is 14.2 Å². The number of para-hydroxylation sites is 1. The van der Waals surface area contributed by atoms with Crippen LogP contribution in [0.3, 0.4) is 0 Å². The normalized spacial score (nSPS) is 11.7. The third kappa shape index (κ3) is 4.53. The fourth-order valence-electron chi connectivity index (χ4n) is 2.16. The Morgan fingerprint density at radius 3 is 2.28 bits per heavy atom. The number of carbonyl (C=O) groups is 2. The van der Waals surface area contributed by atoms with Gasteiger partial charge in [-0.2, -0.15) is 8.78 Å². The third-order valence-electron chi connectivity index (χ3n) is 3.34. The van der Waals surface area contributed by atoms with E-state index in [0.717, 1.165) is 0 Å². The molecule has 0 amide bonds. The molecular weight excluding hydrogens is 334 g/mol. The molecular formula is C18H16F2O5. The zero-order valence-corrected chi connectivity index (χ0v) is 13.6. The van der Waals surface area contributed by atoms with E-state index in [2.05, 4.69) is 4.74 Å². The van der Waals surface area contributed by atoms with Crippen LogP contribution >= 0.6 is 0 Å². The summed E-state index contributed by atoms with van der Waals surface area (Å²) in [5, 5.41) is 0. The van der Waals surface area contributed by atoms with Gasteiger partial charge >= 0.3 is 12.6 Å². The molecule has 2 rings (SSSR count). The molecule has 0 bridgehead atoms. The van der Waals surface area contributed by atoms with Crippen molar-refractivity contribution in [3.63, 3.8) is 0 Å². The average molecular weight is 350 g/mol. The summed E-state index contributed by atoms with van der Waals surface area (Å²) in [6.07, 6.45) is -1.10. The van der Waals surface area contributed by atoms with Crippen molar-refractivity contribution in [1.29, 1.82) is 0 Å². The van der Waals surface area contributed by atoms with Crippen molar-refractivity contribution in [1.82, 2.24) is 0 Å². The molecule has 2 aromatic carbocycles. The van der Waals surface area contributed by atoms with E-state index >= 15 is 0 Å². The van der Waals surface area contributed by atoms with Crippen LogP contribution in [0.25, 0.3) is 0 Å². The number of methoxy groups -OCH3 is 1. The molecule has 1 atom stereocenters. The highest BCUT2D eigenvalue weighted by molar-refractivity contribution is 6.02. The van der Waals surface area contributed by atoms with Gasteiger partial charge in [0, 0.05) is 5.56 Å². The van der Waals surface area contributed by atoms with Gasteiger partial charge in [0.05, 0.1) is 7.11 Å². The quantitative estimate of drug-likeness (QED) is 0.562. The first kappa shape index (κ1) is 18.4. The molecule has 5 nitrogen and oxygen atoms in total. The smallest absolute Gasteiger partial charge is 0.387 e. The molecule has 0 saturated carbocycles. The van der Waals surface area contributed by atoms with Crippen molar-refractivity contribution in [3.8, 4) is 11.5 Å². The lowest BCUT2D eigenvalue weighted by atomic mass is 10.1. The number of ketones is 1. The molecule has 0 fully saturated rings. The summed E-state index contributed by atoms with van der Waals surface area (Å²) in [7, 11) is 1.25. The lowest BCUT2D eigenvalue weighted by Crippen LogP contribution is -2.25. The van der Waals surface area contributed by atoms with Crippen LogP contribution < -0.4 is 9.47 Å². The van der Waals surface area contributed by atoms with E-state index in [1.54, 1.807) is 30.3 Å². The Morgan fingerprint density at radius 2 is 1.68 bits per heavy atom. The molecule has 0 aromatic heterocycles. The second kappa shape index (κ2) is 8.23.